The number of hydrogen-bond acceptors (Lipinski definition) is 10. The number of benzene rings is 1. The summed E-state index contributed by atoms with van der Waals surface area (Å²) in [5.74, 6) is -0.737. The Kier molecular flexibility index (Phi) is 8.13. The zero-order valence-electron chi connectivity index (χ0n) is 27.9. The van der Waals surface area contributed by atoms with Crippen LogP contribution in [0.4, 0.5) is 30.8 Å². The second-order valence-electron chi connectivity index (χ2n) is 13.0. The number of nitrogens with one attached hydrogen (secondary N) is 1. The number of allylic oxidation sites excluding steroid dienone is 1. The van der Waals surface area contributed by atoms with Crippen LogP contribution in [-0.2, 0) is 22.5 Å². The van der Waals surface area contributed by atoms with Gasteiger partial charge in [0.25, 0.3) is 11.5 Å². The van der Waals surface area contributed by atoms with Gasteiger partial charge in [0.05, 0.1) is 24.6 Å². The van der Waals surface area contributed by atoms with Crippen LogP contribution < -0.4 is 15.8 Å². The average Bonchev–Trinajstić information content (AvgIpc) is 3.82. The highest BCUT2D eigenvalue weighted by Crippen LogP contribution is 3.02. The molecule has 1 aliphatic carbocycles. The Bertz CT molecular complexity index is 2200. The van der Waals surface area contributed by atoms with Crippen molar-refractivity contribution in [3.8, 4) is 5.75 Å². The van der Waals surface area contributed by atoms with Gasteiger partial charge >= 0.3 is 10.2 Å². The van der Waals surface area contributed by atoms with Crippen molar-refractivity contribution in [1.29, 1.82) is 0 Å². The third-order valence-electron chi connectivity index (χ3n) is 9.57. The molecule has 7 rings (SSSR count). The lowest BCUT2D eigenvalue weighted by Crippen LogP contribution is -2.51. The van der Waals surface area contributed by atoms with E-state index < -0.39 is 39.0 Å². The maximum Gasteiger partial charge on any atom is 0.310 e. The Balaban J connectivity index is 1.22. The zero-order chi connectivity index (χ0) is 37.2. The summed E-state index contributed by atoms with van der Waals surface area (Å²) >= 11 is 0. The van der Waals surface area contributed by atoms with E-state index in [4.69, 9.17) is 4.74 Å². The van der Waals surface area contributed by atoms with Gasteiger partial charge in [0.2, 0.25) is 11.7 Å². The van der Waals surface area contributed by atoms with Gasteiger partial charge in [0.15, 0.2) is 17.3 Å². The van der Waals surface area contributed by atoms with Gasteiger partial charge in [-0.2, -0.15) is 9.50 Å². The molecule has 0 bridgehead atoms. The van der Waals surface area contributed by atoms with Crippen LogP contribution in [0.2, 0.25) is 0 Å². The van der Waals surface area contributed by atoms with Gasteiger partial charge in [0, 0.05) is 37.8 Å². The fourth-order valence-electron chi connectivity index (χ4n) is 6.90. The van der Waals surface area contributed by atoms with Crippen LogP contribution >= 0.6 is 10.2 Å². The van der Waals surface area contributed by atoms with E-state index in [2.05, 4.69) is 25.4 Å². The van der Waals surface area contributed by atoms with Crippen molar-refractivity contribution < 1.29 is 38.9 Å². The van der Waals surface area contributed by atoms with Gasteiger partial charge in [-0.15, -0.1) is 5.10 Å². The number of carbonyl (C=O) groups is 2. The molecule has 3 aliphatic rings. The molecule has 0 spiro atoms. The third-order valence-corrected chi connectivity index (χ3v) is 10.7. The molecule has 3 aromatic heterocycles. The number of nitrogens with zero attached hydrogens (tertiary/aromatic N) is 8. The number of rotatable bonds is 8. The van der Waals surface area contributed by atoms with Crippen LogP contribution in [0.3, 0.4) is 0 Å². The number of piperazine rings is 1. The highest BCUT2D eigenvalue weighted by Gasteiger charge is 2.65. The van der Waals surface area contributed by atoms with Crippen molar-refractivity contribution in [3.63, 3.8) is 0 Å². The molecular weight excluding hydrogens is 717 g/mol. The fourth-order valence-corrected chi connectivity index (χ4v) is 7.55. The lowest BCUT2D eigenvalue weighted by Gasteiger charge is -2.40. The number of fused-ring (bicyclic) bond motifs is 2. The molecule has 52 heavy (non-hydrogen) atoms. The van der Waals surface area contributed by atoms with E-state index >= 15 is 0 Å². The molecule has 278 valence electrons. The average molecular weight is 752 g/mol. The van der Waals surface area contributed by atoms with Crippen molar-refractivity contribution >= 4 is 44.8 Å². The number of halogens is 5. The minimum absolute atomic E-state index is 0.0599. The van der Waals surface area contributed by atoms with E-state index in [9.17, 15) is 38.9 Å². The summed E-state index contributed by atoms with van der Waals surface area (Å²) in [6.07, 6.45) is 4.09. The Labute approximate surface area is 292 Å². The van der Waals surface area contributed by atoms with Crippen molar-refractivity contribution in [1.82, 2.24) is 34.0 Å². The van der Waals surface area contributed by atoms with E-state index in [1.807, 2.05) is 6.08 Å². The molecule has 2 aliphatic heterocycles. The summed E-state index contributed by atoms with van der Waals surface area (Å²) in [6, 6.07) is 1.90. The van der Waals surface area contributed by atoms with Crippen LogP contribution in [0.1, 0.15) is 41.0 Å². The van der Waals surface area contributed by atoms with Crippen molar-refractivity contribution in [2.24, 2.45) is 11.8 Å². The number of ether oxygens (including phenoxy) is 1. The first-order valence-electron chi connectivity index (χ1n) is 16.4. The smallest absolute Gasteiger partial charge is 0.310 e. The molecule has 2 N–H and O–H groups in total. The summed E-state index contributed by atoms with van der Waals surface area (Å²) in [4.78, 5) is 54.6. The van der Waals surface area contributed by atoms with Crippen molar-refractivity contribution in [3.05, 3.63) is 69.9 Å². The standard InChI is InChI=1S/C32H34F5N9O5S/c1-3-24-27(43-8-10-44(11-9-43)30(49)26-28(48)18(2)38-17-39-26)31(50)46-32(41-29(42-46)19-12-20-15-51-16-21(20)13-19)45(24)14-25(47)40-22-4-6-23(7-5-22)52(33,34,35,36)37/h4-7,12,17,20-21,48H,3,8-11,13-16H2,1-2H3,(H,40,47). The molecule has 1 aromatic carbocycles. The quantitative estimate of drug-likeness (QED) is 0.244. The number of carbonyl (C=O) groups excluding carboxylic acids is 2. The van der Waals surface area contributed by atoms with E-state index in [0.29, 0.717) is 31.2 Å². The van der Waals surface area contributed by atoms with Crippen LogP contribution in [0.15, 0.2) is 46.4 Å². The van der Waals surface area contributed by atoms with Crippen LogP contribution in [0, 0.1) is 18.8 Å². The molecule has 4 aromatic rings. The molecule has 2 saturated heterocycles. The minimum Gasteiger partial charge on any atom is -0.504 e. The Morgan fingerprint density at radius 1 is 1.04 bits per heavy atom. The minimum atomic E-state index is -9.91. The maximum atomic E-state index is 14.2. The molecular formula is C32H34F5N9O5S. The molecule has 2 fully saturated rings. The predicted octanol–water partition coefficient (Wildman–Crippen LogP) is 4.57. The van der Waals surface area contributed by atoms with Crippen molar-refractivity contribution in [2.75, 3.05) is 49.6 Å². The van der Waals surface area contributed by atoms with Gasteiger partial charge < -0.3 is 29.5 Å². The summed E-state index contributed by atoms with van der Waals surface area (Å²) in [7, 11) is -9.91. The Hall–Kier alpha value is -5.11. The lowest BCUT2D eigenvalue weighted by atomic mass is 10.00. The monoisotopic (exact) mass is 751 g/mol. The maximum absolute atomic E-state index is 14.2. The molecule has 14 nitrogen and oxygen atoms in total. The molecule has 2 amide bonds. The largest absolute Gasteiger partial charge is 0.504 e. The van der Waals surface area contributed by atoms with Gasteiger partial charge in [-0.05, 0) is 55.5 Å². The third kappa shape index (κ3) is 6.55. The number of aromatic hydroxyl groups is 1. The molecule has 2 unspecified atom stereocenters. The van der Waals surface area contributed by atoms with Gasteiger partial charge in [0.1, 0.15) is 23.5 Å². The number of anilines is 2. The van der Waals surface area contributed by atoms with Crippen LogP contribution in [0.25, 0.3) is 11.4 Å². The highest BCUT2D eigenvalue weighted by molar-refractivity contribution is 8.45. The van der Waals surface area contributed by atoms with E-state index in [-0.39, 0.29) is 90.9 Å². The molecule has 2 atom stereocenters. The lowest BCUT2D eigenvalue weighted by molar-refractivity contribution is -0.116. The van der Waals surface area contributed by atoms with E-state index in [1.165, 1.54) is 15.8 Å². The van der Waals surface area contributed by atoms with Gasteiger partial charge in [-0.25, -0.2) is 9.97 Å². The Morgan fingerprint density at radius 2 is 1.75 bits per heavy atom. The SMILES string of the molecule is CCc1c(N2CCN(C(=O)c3ncnc(C)c3O)CC2)c(=O)n2nc(C3=CC4COCC4C3)nc2n1CC(=O)Nc1ccc(S(F)(F)(F)(F)F)cc1. The first kappa shape index (κ1) is 35.3. The van der Waals surface area contributed by atoms with Gasteiger partial charge in [-0.3, -0.25) is 14.4 Å². The highest BCUT2D eigenvalue weighted by atomic mass is 32.5. The molecule has 0 saturated carbocycles. The number of aryl methyl sites for hydroxylation is 1. The second-order valence-corrected chi connectivity index (χ2v) is 15.4. The summed E-state index contributed by atoms with van der Waals surface area (Å²) in [6.45, 7) is 4.75. The second kappa shape index (κ2) is 12.0. The number of aromatic nitrogens is 6. The fraction of sp³-hybridized carbons (Fsp3) is 0.406. The first-order chi connectivity index (χ1) is 24.4. The normalized spacial score (nSPS) is 20.4. The van der Waals surface area contributed by atoms with Crippen LogP contribution in [-0.4, -0.2) is 90.3 Å². The predicted molar refractivity (Wildman–Crippen MR) is 180 cm³/mol. The Morgan fingerprint density at radius 3 is 2.40 bits per heavy atom. The van der Waals surface area contributed by atoms with E-state index in [1.54, 1.807) is 18.7 Å². The number of hydrogen-bond donors (Lipinski definition) is 2. The first-order valence-corrected chi connectivity index (χ1v) is 18.4. The summed E-state index contributed by atoms with van der Waals surface area (Å²) in [5.41, 5.74) is 0.927. The molecule has 20 heteroatoms. The zero-order valence-corrected chi connectivity index (χ0v) is 28.8. The van der Waals surface area contributed by atoms with Gasteiger partial charge in [-0.1, -0.05) is 32.4 Å². The summed E-state index contributed by atoms with van der Waals surface area (Å²) in [5, 5.41) is 17.4. The van der Waals surface area contributed by atoms with Crippen molar-refractivity contribution in [2.45, 2.75) is 38.1 Å². The number of amides is 2. The van der Waals surface area contributed by atoms with Crippen LogP contribution in [0.5, 0.6) is 5.75 Å². The summed E-state index contributed by atoms with van der Waals surface area (Å²) < 4.78 is 74.5. The topological polar surface area (TPSA) is 160 Å². The van der Waals surface area contributed by atoms with E-state index in [0.717, 1.165) is 22.2 Å². The molecule has 0 radical (unpaired) electrons. The molecule has 5 heterocycles.